The minimum atomic E-state index is -0.0219. The van der Waals surface area contributed by atoms with Crippen LogP contribution in [0.3, 0.4) is 0 Å². The zero-order chi connectivity index (χ0) is 20.1. The topological polar surface area (TPSA) is 38.1 Å². The average Bonchev–Trinajstić information content (AvgIpc) is 3.49. The molecule has 0 aliphatic carbocycles. The van der Waals surface area contributed by atoms with Crippen LogP contribution in [-0.4, -0.2) is 27.6 Å². The molecule has 0 atom stereocenters. The quantitative estimate of drug-likeness (QED) is 0.377. The minimum absolute atomic E-state index is 0.0219. The van der Waals surface area contributed by atoms with Crippen molar-refractivity contribution >= 4 is 34.7 Å². The van der Waals surface area contributed by atoms with E-state index in [1.165, 1.54) is 10.4 Å². The average molecular weight is 420 g/mol. The van der Waals surface area contributed by atoms with Crippen molar-refractivity contribution in [2.24, 2.45) is 0 Å². The zero-order valence-electron chi connectivity index (χ0n) is 16.1. The summed E-state index contributed by atoms with van der Waals surface area (Å²) in [6.45, 7) is 1.31. The van der Waals surface area contributed by atoms with Crippen LogP contribution in [0.5, 0.6) is 0 Å². The molecule has 0 aliphatic rings. The summed E-state index contributed by atoms with van der Waals surface area (Å²) in [7, 11) is 1.82. The molecule has 6 heteroatoms. The van der Waals surface area contributed by atoms with Gasteiger partial charge in [0.1, 0.15) is 5.69 Å². The number of hydrogen-bond donors (Lipinski definition) is 0. The van der Waals surface area contributed by atoms with Gasteiger partial charge in [0.2, 0.25) is 5.91 Å². The summed E-state index contributed by atoms with van der Waals surface area (Å²) in [5.41, 5.74) is 3.04. The Morgan fingerprint density at radius 2 is 1.86 bits per heavy atom. The molecule has 0 saturated heterocycles. The lowest BCUT2D eigenvalue weighted by molar-refractivity contribution is -0.125. The third-order valence-electron chi connectivity index (χ3n) is 4.49. The second-order valence-corrected chi connectivity index (χ2v) is 8.68. The number of amides is 1. The van der Waals surface area contributed by atoms with E-state index >= 15 is 0 Å². The van der Waals surface area contributed by atoms with Crippen LogP contribution in [0.1, 0.15) is 16.0 Å². The van der Waals surface area contributed by atoms with Crippen LogP contribution in [0.25, 0.3) is 16.6 Å². The number of likely N-dealkylation sites (N-methyl/N-ethyl adjacent to an activating group) is 1. The first-order chi connectivity index (χ1) is 14.2. The van der Waals surface area contributed by atoms with Crippen LogP contribution in [0.4, 0.5) is 0 Å². The van der Waals surface area contributed by atoms with Crippen molar-refractivity contribution in [3.05, 3.63) is 93.6 Å². The van der Waals surface area contributed by atoms with Crippen LogP contribution >= 0.6 is 22.7 Å². The highest BCUT2D eigenvalue weighted by atomic mass is 32.1. The molecule has 4 nitrogen and oxygen atoms in total. The van der Waals surface area contributed by atoms with Crippen LogP contribution in [0.15, 0.2) is 77.6 Å². The van der Waals surface area contributed by atoms with Gasteiger partial charge in [-0.2, -0.15) is 5.10 Å². The Kier molecular flexibility index (Phi) is 6.03. The van der Waals surface area contributed by atoms with Gasteiger partial charge in [-0.05, 0) is 34.5 Å². The van der Waals surface area contributed by atoms with Gasteiger partial charge in [-0.3, -0.25) is 9.48 Å². The molecule has 1 aromatic carbocycles. The van der Waals surface area contributed by atoms with Gasteiger partial charge in [0.25, 0.3) is 0 Å². The van der Waals surface area contributed by atoms with E-state index in [-0.39, 0.29) is 5.91 Å². The first-order valence-electron chi connectivity index (χ1n) is 9.30. The van der Waals surface area contributed by atoms with Gasteiger partial charge in [0.05, 0.1) is 18.0 Å². The predicted molar refractivity (Wildman–Crippen MR) is 121 cm³/mol. The molecule has 0 spiro atoms. The predicted octanol–water partition coefficient (Wildman–Crippen LogP) is 5.39. The third kappa shape index (κ3) is 4.91. The van der Waals surface area contributed by atoms with Crippen molar-refractivity contribution in [3.63, 3.8) is 0 Å². The maximum Gasteiger partial charge on any atom is 0.246 e. The summed E-state index contributed by atoms with van der Waals surface area (Å²) in [4.78, 5) is 16.5. The molecule has 0 saturated carbocycles. The summed E-state index contributed by atoms with van der Waals surface area (Å²) in [6, 6.07) is 18.4. The van der Waals surface area contributed by atoms with Crippen molar-refractivity contribution in [1.82, 2.24) is 14.7 Å². The Morgan fingerprint density at radius 1 is 1.07 bits per heavy atom. The molecule has 3 heterocycles. The molecule has 0 fully saturated rings. The number of carbonyl (C=O) groups is 1. The number of carbonyl (C=O) groups excluding carboxylic acids is 1. The van der Waals surface area contributed by atoms with Crippen LogP contribution in [0, 0.1) is 0 Å². The van der Waals surface area contributed by atoms with Crippen molar-refractivity contribution in [1.29, 1.82) is 0 Å². The molecule has 29 heavy (non-hydrogen) atoms. The van der Waals surface area contributed by atoms with Crippen molar-refractivity contribution in [2.75, 3.05) is 7.05 Å². The van der Waals surface area contributed by atoms with Gasteiger partial charge in [-0.1, -0.05) is 42.5 Å². The second-order valence-electron chi connectivity index (χ2n) is 6.70. The van der Waals surface area contributed by atoms with E-state index in [1.54, 1.807) is 33.6 Å². The van der Waals surface area contributed by atoms with Gasteiger partial charge in [-0.15, -0.1) is 22.7 Å². The van der Waals surface area contributed by atoms with Gasteiger partial charge in [0, 0.05) is 29.8 Å². The van der Waals surface area contributed by atoms with Crippen molar-refractivity contribution in [2.45, 2.75) is 13.1 Å². The summed E-state index contributed by atoms with van der Waals surface area (Å²) in [6.07, 6.45) is 5.51. The largest absolute Gasteiger partial charge is 0.337 e. The fourth-order valence-electron chi connectivity index (χ4n) is 3.02. The summed E-state index contributed by atoms with van der Waals surface area (Å²) >= 11 is 3.31. The lowest BCUT2D eigenvalue weighted by Crippen LogP contribution is -2.23. The van der Waals surface area contributed by atoms with Gasteiger partial charge in [0.15, 0.2) is 0 Å². The van der Waals surface area contributed by atoms with E-state index < -0.39 is 0 Å². The molecule has 0 radical (unpaired) electrons. The van der Waals surface area contributed by atoms with E-state index in [0.29, 0.717) is 13.1 Å². The number of nitrogens with zero attached hydrogens (tertiary/aromatic N) is 3. The fraction of sp³-hybridized carbons (Fsp3) is 0.130. The van der Waals surface area contributed by atoms with Gasteiger partial charge in [-0.25, -0.2) is 0 Å². The Hall–Kier alpha value is -2.96. The summed E-state index contributed by atoms with van der Waals surface area (Å²) < 4.78 is 1.93. The van der Waals surface area contributed by atoms with Crippen LogP contribution in [-0.2, 0) is 17.9 Å². The molecule has 0 bridgehead atoms. The molecular weight excluding hydrogens is 398 g/mol. The summed E-state index contributed by atoms with van der Waals surface area (Å²) in [5.74, 6) is -0.0219. The Morgan fingerprint density at radius 3 is 2.59 bits per heavy atom. The highest BCUT2D eigenvalue weighted by Crippen LogP contribution is 2.28. The van der Waals surface area contributed by atoms with E-state index in [9.17, 15) is 4.79 Å². The molecule has 4 aromatic rings. The zero-order valence-corrected chi connectivity index (χ0v) is 17.7. The first kappa shape index (κ1) is 19.4. The molecule has 4 rings (SSSR count). The van der Waals surface area contributed by atoms with E-state index in [2.05, 4.69) is 18.2 Å². The molecule has 0 aliphatic heterocycles. The third-order valence-corrected chi connectivity index (χ3v) is 6.22. The monoisotopic (exact) mass is 419 g/mol. The highest BCUT2D eigenvalue weighted by Gasteiger charge is 2.12. The van der Waals surface area contributed by atoms with E-state index in [0.717, 1.165) is 16.1 Å². The lowest BCUT2D eigenvalue weighted by Gasteiger charge is -2.13. The SMILES string of the molecule is CN(Cc1cccs1)C(=O)/C=C/c1cn(Cc2ccccc2)nc1-c1cccs1. The molecular formula is C23H21N3OS2. The van der Waals surface area contributed by atoms with Crippen molar-refractivity contribution in [3.8, 4) is 10.6 Å². The van der Waals surface area contributed by atoms with Crippen LogP contribution < -0.4 is 0 Å². The molecule has 3 aromatic heterocycles. The smallest absolute Gasteiger partial charge is 0.246 e. The second kappa shape index (κ2) is 9.03. The number of hydrogen-bond acceptors (Lipinski definition) is 4. The maximum absolute atomic E-state index is 12.6. The number of rotatable bonds is 7. The van der Waals surface area contributed by atoms with Gasteiger partial charge >= 0.3 is 0 Å². The fourth-order valence-corrected chi connectivity index (χ4v) is 4.51. The number of thiophene rings is 2. The molecule has 1 amide bonds. The highest BCUT2D eigenvalue weighted by molar-refractivity contribution is 7.13. The minimum Gasteiger partial charge on any atom is -0.337 e. The normalized spacial score (nSPS) is 11.2. The molecule has 0 unspecified atom stereocenters. The summed E-state index contributed by atoms with van der Waals surface area (Å²) in [5, 5.41) is 8.85. The standard InChI is InChI=1S/C23H21N3OS2/c1-25(17-20-9-5-13-28-20)22(27)12-11-19-16-26(15-18-7-3-2-4-8-18)24-23(19)21-10-6-14-29-21/h2-14,16H,15,17H2,1H3/b12-11+. The number of benzene rings is 1. The Bertz CT molecular complexity index is 1080. The number of aromatic nitrogens is 2. The Labute approximate surface area is 178 Å². The van der Waals surface area contributed by atoms with Crippen molar-refractivity contribution < 1.29 is 4.79 Å². The first-order valence-corrected chi connectivity index (χ1v) is 11.1. The maximum atomic E-state index is 12.6. The molecule has 146 valence electrons. The van der Waals surface area contributed by atoms with E-state index in [4.69, 9.17) is 5.10 Å². The van der Waals surface area contributed by atoms with E-state index in [1.807, 2.05) is 71.2 Å². The molecule has 0 N–H and O–H groups in total. The van der Waals surface area contributed by atoms with Crippen LogP contribution in [0.2, 0.25) is 0 Å². The lowest BCUT2D eigenvalue weighted by atomic mass is 10.2. The Balaban J connectivity index is 1.55. The van der Waals surface area contributed by atoms with Gasteiger partial charge < -0.3 is 4.90 Å².